The Balaban J connectivity index is 0.000000714. The van der Waals surface area contributed by atoms with Crippen molar-refractivity contribution in [2.45, 2.75) is 404 Å². The smallest absolute Gasteiger partial charge is 0.407 e. The quantitative estimate of drug-likeness (QED) is 0.0271. The normalized spacial score (nSPS) is 17.9. The van der Waals surface area contributed by atoms with Crippen LogP contribution in [0.5, 0.6) is 0 Å². The molecule has 0 aliphatic heterocycles. The average molecular weight is 1350 g/mol. The van der Waals surface area contributed by atoms with E-state index >= 15 is 0 Å². The Bertz CT molecular complexity index is 2200. The van der Waals surface area contributed by atoms with E-state index < -0.39 is 17.7 Å². The van der Waals surface area contributed by atoms with Gasteiger partial charge < -0.3 is 35.5 Å². The van der Waals surface area contributed by atoms with E-state index in [0.717, 1.165) is 38.5 Å². The summed E-state index contributed by atoms with van der Waals surface area (Å²) in [5.74, 6) is 0.959. The maximum atomic E-state index is 13.3. The molecular formula is C81H153N7O8. The highest BCUT2D eigenvalue weighted by atomic mass is 16.6. The van der Waals surface area contributed by atoms with Gasteiger partial charge in [0.25, 0.3) is 5.56 Å². The van der Waals surface area contributed by atoms with E-state index in [1.165, 1.54) is 250 Å². The lowest BCUT2D eigenvalue weighted by atomic mass is 9.62. The molecule has 1 aromatic heterocycles. The van der Waals surface area contributed by atoms with E-state index in [-0.39, 0.29) is 64.9 Å². The van der Waals surface area contributed by atoms with Crippen LogP contribution >= 0.6 is 0 Å². The van der Waals surface area contributed by atoms with Crippen LogP contribution in [0.15, 0.2) is 4.79 Å². The predicted octanol–water partition coefficient (Wildman–Crippen LogP) is 23.0. The molecule has 15 heteroatoms. The van der Waals surface area contributed by atoms with Gasteiger partial charge in [-0.2, -0.15) is 0 Å². The number of unbranched alkanes of at least 4 members (excludes halogenated alkanes) is 32. The molecular weight excluding hydrogens is 1200 g/mol. The van der Waals surface area contributed by atoms with Crippen LogP contribution in [0.1, 0.15) is 390 Å². The molecule has 2 saturated carbocycles. The van der Waals surface area contributed by atoms with Crippen molar-refractivity contribution >= 4 is 30.3 Å². The molecule has 1 aromatic rings. The largest absolute Gasteiger partial charge is 0.449 e. The molecule has 2 fully saturated rings. The number of ether oxygens (including phenoxy) is 3. The summed E-state index contributed by atoms with van der Waals surface area (Å²) in [7, 11) is 0. The summed E-state index contributed by atoms with van der Waals surface area (Å²) < 4.78 is 16.9. The molecule has 6 N–H and O–H groups in total. The molecule has 2 aliphatic rings. The van der Waals surface area contributed by atoms with Crippen LogP contribution in [0.3, 0.4) is 0 Å². The fraction of sp³-hybridized carbons (Fsp3) is 0.901. The van der Waals surface area contributed by atoms with Gasteiger partial charge in [0.2, 0.25) is 5.95 Å². The Morgan fingerprint density at radius 3 is 1.16 bits per heavy atom. The first kappa shape index (κ1) is 88.0. The second-order valence-electron chi connectivity index (χ2n) is 32.8. The number of amides is 5. The van der Waals surface area contributed by atoms with Crippen molar-refractivity contribution < 1.29 is 33.4 Å². The van der Waals surface area contributed by atoms with Crippen LogP contribution in [0.4, 0.5) is 25.1 Å². The summed E-state index contributed by atoms with van der Waals surface area (Å²) in [5.41, 5.74) is 0.635. The maximum absolute atomic E-state index is 13.3. The lowest BCUT2D eigenvalue weighted by molar-refractivity contribution is 0.0634. The van der Waals surface area contributed by atoms with Crippen LogP contribution in [-0.4, -0.2) is 79.3 Å². The fourth-order valence-electron chi connectivity index (χ4n) is 16.1. The van der Waals surface area contributed by atoms with Crippen molar-refractivity contribution in [1.29, 1.82) is 0 Å². The maximum Gasteiger partial charge on any atom is 0.407 e. The van der Waals surface area contributed by atoms with Gasteiger partial charge in [-0.3, -0.25) is 15.1 Å². The van der Waals surface area contributed by atoms with Crippen LogP contribution in [-0.2, 0) is 20.6 Å². The first-order valence-electron chi connectivity index (χ1n) is 40.4. The molecule has 96 heavy (non-hydrogen) atoms. The van der Waals surface area contributed by atoms with Crippen molar-refractivity contribution in [2.75, 3.05) is 38.2 Å². The van der Waals surface area contributed by atoms with Crippen LogP contribution in [0.2, 0.25) is 0 Å². The molecule has 1 heterocycles. The number of alkyl carbamates (subject to hydrolysis) is 3. The molecule has 0 radical (unpaired) electrons. The van der Waals surface area contributed by atoms with Crippen molar-refractivity contribution in [3.63, 3.8) is 0 Å². The Hall–Kier alpha value is -4.04. The topological polar surface area (TPSA) is 202 Å². The summed E-state index contributed by atoms with van der Waals surface area (Å²) in [6.07, 6.45) is 57.7. The lowest BCUT2D eigenvalue weighted by Gasteiger charge is -2.46. The summed E-state index contributed by atoms with van der Waals surface area (Å²) in [4.78, 5) is 70.3. The zero-order valence-corrected chi connectivity index (χ0v) is 64.8. The van der Waals surface area contributed by atoms with E-state index in [2.05, 4.69) is 113 Å². The highest BCUT2D eigenvalue weighted by Gasteiger charge is 2.43. The molecule has 5 amide bonds. The zero-order chi connectivity index (χ0) is 70.8. The minimum Gasteiger partial charge on any atom is -0.449 e. The highest BCUT2D eigenvalue weighted by molar-refractivity contribution is 5.87. The molecule has 0 aromatic carbocycles. The van der Waals surface area contributed by atoms with Gasteiger partial charge in [0.15, 0.2) is 0 Å². The number of aryl methyl sites for hydroxylation is 1. The molecule has 560 valence electrons. The van der Waals surface area contributed by atoms with Crippen LogP contribution in [0, 0.1) is 40.4 Å². The van der Waals surface area contributed by atoms with Gasteiger partial charge in [0.05, 0.1) is 25.5 Å². The predicted molar refractivity (Wildman–Crippen MR) is 403 cm³/mol. The van der Waals surface area contributed by atoms with Crippen molar-refractivity contribution in [3.05, 3.63) is 21.6 Å². The number of rotatable bonds is 53. The highest BCUT2D eigenvalue weighted by Crippen LogP contribution is 2.47. The van der Waals surface area contributed by atoms with Gasteiger partial charge in [0, 0.05) is 37.2 Å². The second-order valence-corrected chi connectivity index (χ2v) is 32.8. The Kier molecular flexibility index (Phi) is 48.5. The number of carbonyl (C=O) groups excluding carboxylic acids is 4. The standard InChI is InChI=1S/C46H84N6O6.C35H69NO2/c1-8-11-13-15-17-19-20-22-24-26-28-37(27-25-23-21-18-16-14-12-9-2)33-58-44(56)50-38-31-45(5,6)34-46(7,32-38)35-48-42(54)52-41-49-36(4)39(40(53)51-41)29-30-57-43(55)47-10-3;1-7-9-11-13-15-17-18-20-22-24-26-31(25-23-21-19-16-14-12-10-8-2)29-38-33(37)36-32-27-34(3,4)30-35(5,6)28-32/h37-38H,8-35H2,1-7H3,(H,47,55)(H,50,56)(H3,48,49,51,52,53,54);31-32H,7-30H2,1-6H3,(H,36,37). The molecule has 15 nitrogen and oxygen atoms in total. The first-order valence-corrected chi connectivity index (χ1v) is 40.4. The Morgan fingerprint density at radius 2 is 0.802 bits per heavy atom. The number of anilines is 1. The molecule has 0 spiro atoms. The van der Waals surface area contributed by atoms with E-state index in [1.807, 2.05) is 0 Å². The van der Waals surface area contributed by atoms with Gasteiger partial charge in [-0.15, -0.1) is 0 Å². The Morgan fingerprint density at radius 1 is 0.458 bits per heavy atom. The lowest BCUT2D eigenvalue weighted by Crippen LogP contribution is -2.51. The summed E-state index contributed by atoms with van der Waals surface area (Å²) in [6.45, 7) is 30.4. The third-order valence-corrected chi connectivity index (χ3v) is 20.4. The first-order chi connectivity index (χ1) is 46.0. The molecule has 4 atom stereocenters. The van der Waals surface area contributed by atoms with Gasteiger partial charge in [0.1, 0.15) is 0 Å². The van der Waals surface area contributed by atoms with Gasteiger partial charge in [-0.1, -0.05) is 307 Å². The zero-order valence-electron chi connectivity index (χ0n) is 64.8. The van der Waals surface area contributed by atoms with E-state index in [0.29, 0.717) is 55.8 Å². The molecule has 0 saturated heterocycles. The molecule has 2 aliphatic carbocycles. The monoisotopic (exact) mass is 1350 g/mol. The van der Waals surface area contributed by atoms with Crippen LogP contribution in [0.25, 0.3) is 0 Å². The Labute approximate surface area is 589 Å². The number of nitrogens with one attached hydrogen (secondary N) is 6. The SMILES string of the molecule is CCCCCCCCCCCCC(CCCCCCCCCC)COC(=O)NC1CC(C)(C)CC(C)(C)C1.CCCCCCCCCCCCC(CCCCCCCCCC)COC(=O)NC1CC(C)(C)CC(C)(CNC(=O)Nc2nc(C)c(CCOC(=O)NCC)c(=O)[nH]2)C1. The third kappa shape index (κ3) is 45.6. The van der Waals surface area contributed by atoms with E-state index in [9.17, 15) is 24.0 Å². The number of carbonyl (C=O) groups is 4. The number of aromatic amines is 1. The minimum absolute atomic E-state index is 0.0342. The second kappa shape index (κ2) is 52.9. The summed E-state index contributed by atoms with van der Waals surface area (Å²) in [5, 5.41) is 14.6. The minimum atomic E-state index is -0.542. The van der Waals surface area contributed by atoms with Gasteiger partial charge >= 0.3 is 24.3 Å². The number of hydrogen-bond acceptors (Lipinski definition) is 9. The van der Waals surface area contributed by atoms with E-state index in [4.69, 9.17) is 14.2 Å². The molecule has 0 bridgehead atoms. The van der Waals surface area contributed by atoms with Crippen molar-refractivity contribution in [3.8, 4) is 0 Å². The average Bonchev–Trinajstić information content (AvgIpc) is 0.817. The molecule has 3 rings (SSSR count). The number of urea groups is 1. The number of hydrogen-bond donors (Lipinski definition) is 6. The fourth-order valence-corrected chi connectivity index (χ4v) is 16.1. The van der Waals surface area contributed by atoms with Gasteiger partial charge in [-0.25, -0.2) is 24.2 Å². The number of aromatic nitrogens is 2. The number of nitrogens with zero attached hydrogens (tertiary/aromatic N) is 1. The number of H-pyrrole nitrogens is 1. The molecule has 4 unspecified atom stereocenters. The van der Waals surface area contributed by atoms with Crippen LogP contribution < -0.4 is 32.1 Å². The van der Waals surface area contributed by atoms with E-state index in [1.54, 1.807) is 13.8 Å². The third-order valence-electron chi connectivity index (χ3n) is 20.4. The van der Waals surface area contributed by atoms with Crippen molar-refractivity contribution in [2.24, 2.45) is 33.5 Å². The van der Waals surface area contributed by atoms with Gasteiger partial charge in [-0.05, 0) is 112 Å². The summed E-state index contributed by atoms with van der Waals surface area (Å²) >= 11 is 0. The summed E-state index contributed by atoms with van der Waals surface area (Å²) in [6, 6.07) is -0.327. The van der Waals surface area contributed by atoms with Crippen molar-refractivity contribution in [1.82, 2.24) is 31.2 Å².